The third-order valence-corrected chi connectivity index (χ3v) is 2.48. The summed E-state index contributed by atoms with van der Waals surface area (Å²) in [5.41, 5.74) is 1.93. The molecule has 0 radical (unpaired) electrons. The van der Waals surface area contributed by atoms with E-state index in [0.29, 0.717) is 5.92 Å². The Morgan fingerprint density at radius 3 is 2.92 bits per heavy atom. The number of rotatable bonds is 2. The van der Waals surface area contributed by atoms with Gasteiger partial charge in [0.25, 0.3) is 0 Å². The second-order valence-corrected chi connectivity index (χ2v) is 3.53. The molecule has 1 fully saturated rings. The molecule has 1 aromatic rings. The molecule has 0 saturated heterocycles. The van der Waals surface area contributed by atoms with Gasteiger partial charge in [-0.05, 0) is 24.5 Å². The summed E-state index contributed by atoms with van der Waals surface area (Å²) >= 11 is 0. The minimum atomic E-state index is 0.0505. The highest BCUT2D eigenvalue weighted by atomic mass is 16.3. The van der Waals surface area contributed by atoms with Crippen molar-refractivity contribution in [2.45, 2.75) is 25.9 Å². The van der Waals surface area contributed by atoms with E-state index in [-0.39, 0.29) is 6.61 Å². The maximum Gasteiger partial charge on any atom is 0.0853 e. The number of aliphatic hydroxyl groups is 1. The molecule has 2 nitrogen and oxygen atoms in total. The monoisotopic (exact) mass is 163 g/mol. The van der Waals surface area contributed by atoms with Gasteiger partial charge in [0.1, 0.15) is 0 Å². The third kappa shape index (κ3) is 1.34. The first-order valence-electron chi connectivity index (χ1n) is 4.38. The molecule has 0 aliphatic heterocycles. The number of aliphatic hydroxyl groups excluding tert-OH is 1. The summed E-state index contributed by atoms with van der Waals surface area (Å²) in [6.07, 6.45) is 1.25. The van der Waals surface area contributed by atoms with Gasteiger partial charge >= 0.3 is 0 Å². The third-order valence-electron chi connectivity index (χ3n) is 2.48. The van der Waals surface area contributed by atoms with Gasteiger partial charge in [-0.15, -0.1) is 0 Å². The van der Waals surface area contributed by atoms with E-state index in [2.05, 4.69) is 11.9 Å². The van der Waals surface area contributed by atoms with Crippen molar-refractivity contribution >= 4 is 0 Å². The first kappa shape index (κ1) is 7.74. The summed E-state index contributed by atoms with van der Waals surface area (Å²) in [4.78, 5) is 4.35. The SMILES string of the molecule is CC1CC1c1cccc(CO)n1. The van der Waals surface area contributed by atoms with Crippen LogP contribution >= 0.6 is 0 Å². The molecule has 1 heterocycles. The Labute approximate surface area is 72.3 Å². The van der Waals surface area contributed by atoms with Crippen LogP contribution in [0.15, 0.2) is 18.2 Å². The van der Waals surface area contributed by atoms with Gasteiger partial charge in [0, 0.05) is 11.6 Å². The maximum atomic E-state index is 8.87. The van der Waals surface area contributed by atoms with Gasteiger partial charge in [0.05, 0.1) is 12.3 Å². The summed E-state index contributed by atoms with van der Waals surface area (Å²) in [5.74, 6) is 1.43. The van der Waals surface area contributed by atoms with Crippen LogP contribution in [0.2, 0.25) is 0 Å². The Bertz CT molecular complexity index is 285. The lowest BCUT2D eigenvalue weighted by atomic mass is 10.2. The quantitative estimate of drug-likeness (QED) is 0.719. The van der Waals surface area contributed by atoms with Crippen LogP contribution in [0.4, 0.5) is 0 Å². The van der Waals surface area contributed by atoms with E-state index in [1.165, 1.54) is 6.42 Å². The van der Waals surface area contributed by atoms with Crippen molar-refractivity contribution in [3.63, 3.8) is 0 Å². The summed E-state index contributed by atoms with van der Waals surface area (Å²) in [7, 11) is 0. The Kier molecular flexibility index (Phi) is 1.85. The number of pyridine rings is 1. The van der Waals surface area contributed by atoms with Crippen LogP contribution in [0.5, 0.6) is 0 Å². The van der Waals surface area contributed by atoms with Crippen LogP contribution in [-0.4, -0.2) is 10.1 Å². The van der Waals surface area contributed by atoms with Gasteiger partial charge in [0.2, 0.25) is 0 Å². The molecule has 2 atom stereocenters. The Morgan fingerprint density at radius 2 is 2.33 bits per heavy atom. The predicted octanol–water partition coefficient (Wildman–Crippen LogP) is 1.70. The minimum Gasteiger partial charge on any atom is -0.390 e. The van der Waals surface area contributed by atoms with Gasteiger partial charge < -0.3 is 5.11 Å². The molecule has 1 N–H and O–H groups in total. The minimum absolute atomic E-state index is 0.0505. The number of aromatic nitrogens is 1. The van der Waals surface area contributed by atoms with E-state index in [9.17, 15) is 0 Å². The highest BCUT2D eigenvalue weighted by Crippen LogP contribution is 2.45. The first-order valence-corrected chi connectivity index (χ1v) is 4.38. The Hall–Kier alpha value is -0.890. The van der Waals surface area contributed by atoms with Crippen LogP contribution in [0.1, 0.15) is 30.7 Å². The average Bonchev–Trinajstić information content (AvgIpc) is 2.83. The molecule has 2 rings (SSSR count). The number of hydrogen-bond donors (Lipinski definition) is 1. The Balaban J connectivity index is 2.21. The highest BCUT2D eigenvalue weighted by Gasteiger charge is 2.34. The van der Waals surface area contributed by atoms with E-state index in [4.69, 9.17) is 5.11 Å². The molecular formula is C10H13NO. The van der Waals surface area contributed by atoms with Gasteiger partial charge in [-0.1, -0.05) is 13.0 Å². The van der Waals surface area contributed by atoms with Gasteiger partial charge in [-0.2, -0.15) is 0 Å². The molecule has 0 bridgehead atoms. The predicted molar refractivity (Wildman–Crippen MR) is 46.7 cm³/mol. The molecule has 1 aliphatic rings. The van der Waals surface area contributed by atoms with Crippen molar-refractivity contribution in [3.05, 3.63) is 29.6 Å². The van der Waals surface area contributed by atoms with Crippen molar-refractivity contribution in [3.8, 4) is 0 Å². The first-order chi connectivity index (χ1) is 5.81. The van der Waals surface area contributed by atoms with Crippen LogP contribution in [0.3, 0.4) is 0 Å². The van der Waals surface area contributed by atoms with E-state index in [1.54, 1.807) is 0 Å². The molecule has 0 amide bonds. The molecule has 0 spiro atoms. The average molecular weight is 163 g/mol. The standard InChI is InChI=1S/C10H13NO/c1-7-5-9(7)10-4-2-3-8(6-12)11-10/h2-4,7,9,12H,5-6H2,1H3. The molecule has 1 aromatic heterocycles. The molecule has 2 unspecified atom stereocenters. The summed E-state index contributed by atoms with van der Waals surface area (Å²) < 4.78 is 0. The van der Waals surface area contributed by atoms with Crippen LogP contribution in [0.25, 0.3) is 0 Å². The van der Waals surface area contributed by atoms with E-state index >= 15 is 0 Å². The number of nitrogens with zero attached hydrogens (tertiary/aromatic N) is 1. The second-order valence-electron chi connectivity index (χ2n) is 3.53. The van der Waals surface area contributed by atoms with Gasteiger partial charge in [-0.25, -0.2) is 0 Å². The lowest BCUT2D eigenvalue weighted by Crippen LogP contribution is -1.93. The van der Waals surface area contributed by atoms with E-state index in [1.807, 2.05) is 18.2 Å². The maximum absolute atomic E-state index is 8.87. The van der Waals surface area contributed by atoms with Crippen molar-refractivity contribution in [2.75, 3.05) is 0 Å². The fraction of sp³-hybridized carbons (Fsp3) is 0.500. The Morgan fingerprint density at radius 1 is 1.58 bits per heavy atom. The van der Waals surface area contributed by atoms with E-state index in [0.717, 1.165) is 17.3 Å². The molecule has 2 heteroatoms. The zero-order valence-electron chi connectivity index (χ0n) is 7.20. The molecule has 12 heavy (non-hydrogen) atoms. The second kappa shape index (κ2) is 2.87. The normalized spacial score (nSPS) is 27.2. The summed E-state index contributed by atoms with van der Waals surface area (Å²) in [5, 5.41) is 8.87. The van der Waals surface area contributed by atoms with Crippen LogP contribution in [0, 0.1) is 5.92 Å². The molecular weight excluding hydrogens is 150 g/mol. The largest absolute Gasteiger partial charge is 0.390 e. The zero-order chi connectivity index (χ0) is 8.55. The van der Waals surface area contributed by atoms with Crippen LogP contribution in [-0.2, 0) is 6.61 Å². The fourth-order valence-electron chi connectivity index (χ4n) is 1.53. The smallest absolute Gasteiger partial charge is 0.0853 e. The van der Waals surface area contributed by atoms with Gasteiger partial charge in [0.15, 0.2) is 0 Å². The zero-order valence-corrected chi connectivity index (χ0v) is 7.20. The topological polar surface area (TPSA) is 33.1 Å². The van der Waals surface area contributed by atoms with Crippen LogP contribution < -0.4 is 0 Å². The molecule has 0 aromatic carbocycles. The lowest BCUT2D eigenvalue weighted by molar-refractivity contribution is 0.276. The van der Waals surface area contributed by atoms with Crippen molar-refractivity contribution < 1.29 is 5.11 Å². The molecule has 1 aliphatic carbocycles. The summed E-state index contributed by atoms with van der Waals surface area (Å²) in [6, 6.07) is 5.88. The molecule has 64 valence electrons. The summed E-state index contributed by atoms with van der Waals surface area (Å²) in [6.45, 7) is 2.28. The number of hydrogen-bond acceptors (Lipinski definition) is 2. The van der Waals surface area contributed by atoms with Crippen molar-refractivity contribution in [1.82, 2.24) is 4.98 Å². The van der Waals surface area contributed by atoms with E-state index < -0.39 is 0 Å². The van der Waals surface area contributed by atoms with Crippen molar-refractivity contribution in [2.24, 2.45) is 5.92 Å². The lowest BCUT2D eigenvalue weighted by Gasteiger charge is -1.99. The highest BCUT2D eigenvalue weighted by molar-refractivity contribution is 5.19. The van der Waals surface area contributed by atoms with Crippen molar-refractivity contribution in [1.29, 1.82) is 0 Å². The molecule has 1 saturated carbocycles. The fourth-order valence-corrected chi connectivity index (χ4v) is 1.53. The van der Waals surface area contributed by atoms with Gasteiger partial charge in [-0.3, -0.25) is 4.98 Å².